The number of nitrogens with zero attached hydrogens (tertiary/aromatic N) is 3. The van der Waals surface area contributed by atoms with Crippen LogP contribution in [0.25, 0.3) is 0 Å². The summed E-state index contributed by atoms with van der Waals surface area (Å²) in [5.41, 5.74) is 2.25. The van der Waals surface area contributed by atoms with Crippen molar-refractivity contribution in [3.63, 3.8) is 0 Å². The van der Waals surface area contributed by atoms with Crippen LogP contribution in [0.4, 0.5) is 16.2 Å². The van der Waals surface area contributed by atoms with Gasteiger partial charge in [0.2, 0.25) is 0 Å². The fourth-order valence-corrected chi connectivity index (χ4v) is 2.98. The lowest BCUT2D eigenvalue weighted by Crippen LogP contribution is -2.49. The van der Waals surface area contributed by atoms with E-state index >= 15 is 0 Å². The summed E-state index contributed by atoms with van der Waals surface area (Å²) in [6.07, 6.45) is 0. The summed E-state index contributed by atoms with van der Waals surface area (Å²) in [5, 5.41) is 2.79. The Morgan fingerprint density at radius 3 is 2.15 bits per heavy atom. The molecule has 1 heterocycles. The van der Waals surface area contributed by atoms with Crippen LogP contribution in [0.2, 0.25) is 0 Å². The van der Waals surface area contributed by atoms with Crippen molar-refractivity contribution in [3.8, 4) is 0 Å². The normalized spacial score (nSPS) is 14.1. The Labute approximate surface area is 154 Å². The van der Waals surface area contributed by atoms with Gasteiger partial charge in [0.15, 0.2) is 0 Å². The van der Waals surface area contributed by atoms with Gasteiger partial charge in [0.05, 0.1) is 11.3 Å². The molecular weight excluding hydrogens is 328 g/mol. The zero-order valence-corrected chi connectivity index (χ0v) is 15.2. The molecule has 136 valence electrons. The molecule has 0 spiro atoms. The van der Waals surface area contributed by atoms with Crippen molar-refractivity contribution in [3.05, 3.63) is 60.2 Å². The fraction of sp³-hybridized carbons (Fsp3) is 0.300. The van der Waals surface area contributed by atoms with E-state index in [4.69, 9.17) is 0 Å². The van der Waals surface area contributed by atoms with Crippen molar-refractivity contribution < 1.29 is 9.59 Å². The summed E-state index contributed by atoms with van der Waals surface area (Å²) < 4.78 is 0. The van der Waals surface area contributed by atoms with Crippen LogP contribution in [0.5, 0.6) is 0 Å². The van der Waals surface area contributed by atoms with Gasteiger partial charge in [-0.15, -0.1) is 0 Å². The Kier molecular flexibility index (Phi) is 5.41. The highest BCUT2D eigenvalue weighted by molar-refractivity contribution is 6.03. The van der Waals surface area contributed by atoms with E-state index in [9.17, 15) is 9.59 Å². The molecule has 1 aliphatic heterocycles. The molecule has 1 N–H and O–H groups in total. The highest BCUT2D eigenvalue weighted by Crippen LogP contribution is 2.20. The van der Waals surface area contributed by atoms with Crippen LogP contribution in [-0.2, 0) is 0 Å². The number of hydrogen-bond donors (Lipinski definition) is 1. The zero-order valence-electron chi connectivity index (χ0n) is 15.2. The first-order valence-electron chi connectivity index (χ1n) is 8.73. The molecule has 0 bridgehead atoms. The second-order valence-electron chi connectivity index (χ2n) is 6.48. The Morgan fingerprint density at radius 2 is 1.50 bits per heavy atom. The summed E-state index contributed by atoms with van der Waals surface area (Å²) in [6.45, 7) is 2.90. The zero-order chi connectivity index (χ0) is 18.5. The fourth-order valence-electron chi connectivity index (χ4n) is 2.98. The van der Waals surface area contributed by atoms with Gasteiger partial charge in [-0.2, -0.15) is 0 Å². The second kappa shape index (κ2) is 7.91. The lowest BCUT2D eigenvalue weighted by Gasteiger charge is -2.36. The summed E-state index contributed by atoms with van der Waals surface area (Å²) in [5.74, 6) is -0.0487. The third-order valence-electron chi connectivity index (χ3n) is 4.49. The lowest BCUT2D eigenvalue weighted by atomic mass is 10.1. The molecular formula is C20H24N4O2. The first-order chi connectivity index (χ1) is 12.6. The Bertz CT molecular complexity index is 768. The number of amides is 3. The number of benzene rings is 2. The predicted octanol–water partition coefficient (Wildman–Crippen LogP) is 2.74. The minimum absolute atomic E-state index is 0.0487. The maximum Gasteiger partial charge on any atom is 0.321 e. The van der Waals surface area contributed by atoms with Gasteiger partial charge in [-0.1, -0.05) is 30.3 Å². The highest BCUT2D eigenvalue weighted by atomic mass is 16.2. The van der Waals surface area contributed by atoms with Gasteiger partial charge in [-0.3, -0.25) is 4.79 Å². The third-order valence-corrected chi connectivity index (χ3v) is 4.49. The highest BCUT2D eigenvalue weighted by Gasteiger charge is 2.24. The summed E-state index contributed by atoms with van der Waals surface area (Å²) >= 11 is 0. The SMILES string of the molecule is CN(C)C(=O)Nc1ccccc1C(=O)N1CCN(c2ccccc2)CC1. The van der Waals surface area contributed by atoms with Gasteiger partial charge in [0.25, 0.3) is 5.91 Å². The largest absolute Gasteiger partial charge is 0.368 e. The van der Waals surface area contributed by atoms with E-state index in [1.54, 1.807) is 26.2 Å². The molecule has 2 aromatic rings. The molecule has 0 saturated carbocycles. The Balaban J connectivity index is 1.68. The van der Waals surface area contributed by atoms with Crippen LogP contribution in [0.1, 0.15) is 10.4 Å². The number of carbonyl (C=O) groups is 2. The van der Waals surface area contributed by atoms with Crippen molar-refractivity contribution in [2.24, 2.45) is 0 Å². The predicted molar refractivity (Wildman–Crippen MR) is 104 cm³/mol. The van der Waals surface area contributed by atoms with Gasteiger partial charge < -0.3 is 20.0 Å². The molecule has 0 unspecified atom stereocenters. The summed E-state index contributed by atoms with van der Waals surface area (Å²) in [7, 11) is 3.34. The van der Waals surface area contributed by atoms with E-state index < -0.39 is 0 Å². The van der Waals surface area contributed by atoms with E-state index in [2.05, 4.69) is 22.3 Å². The summed E-state index contributed by atoms with van der Waals surface area (Å²) in [6, 6.07) is 17.1. The second-order valence-corrected chi connectivity index (χ2v) is 6.48. The standard InChI is InChI=1S/C20H24N4O2/c1-22(2)20(26)21-18-11-7-6-10-17(18)19(25)24-14-12-23(13-15-24)16-8-4-3-5-9-16/h3-11H,12-15H2,1-2H3,(H,21,26). The van der Waals surface area contributed by atoms with Crippen molar-refractivity contribution in [2.75, 3.05) is 50.5 Å². The van der Waals surface area contributed by atoms with Gasteiger partial charge in [0, 0.05) is 46.0 Å². The molecule has 3 rings (SSSR count). The number of urea groups is 1. The number of hydrogen-bond acceptors (Lipinski definition) is 3. The number of nitrogens with one attached hydrogen (secondary N) is 1. The van der Waals surface area contributed by atoms with Crippen LogP contribution in [0.3, 0.4) is 0 Å². The average molecular weight is 352 g/mol. The Hall–Kier alpha value is -3.02. The van der Waals surface area contributed by atoms with Gasteiger partial charge in [-0.05, 0) is 24.3 Å². The lowest BCUT2D eigenvalue weighted by molar-refractivity contribution is 0.0748. The molecule has 0 aromatic heterocycles. The van der Waals surface area contributed by atoms with Crippen LogP contribution in [-0.4, -0.2) is 62.0 Å². The molecule has 1 fully saturated rings. The monoisotopic (exact) mass is 352 g/mol. The molecule has 2 aromatic carbocycles. The molecule has 0 radical (unpaired) electrons. The van der Waals surface area contributed by atoms with E-state index in [1.807, 2.05) is 35.2 Å². The number of para-hydroxylation sites is 2. The van der Waals surface area contributed by atoms with Gasteiger partial charge in [-0.25, -0.2) is 4.79 Å². The van der Waals surface area contributed by atoms with Crippen molar-refractivity contribution in [1.82, 2.24) is 9.80 Å². The first kappa shape index (κ1) is 17.8. The van der Waals surface area contributed by atoms with Gasteiger partial charge >= 0.3 is 6.03 Å². The van der Waals surface area contributed by atoms with Crippen molar-refractivity contribution in [1.29, 1.82) is 0 Å². The minimum atomic E-state index is -0.251. The average Bonchev–Trinajstić information content (AvgIpc) is 2.68. The van der Waals surface area contributed by atoms with Crippen LogP contribution >= 0.6 is 0 Å². The topological polar surface area (TPSA) is 55.9 Å². The number of carbonyl (C=O) groups excluding carboxylic acids is 2. The molecule has 3 amide bonds. The molecule has 26 heavy (non-hydrogen) atoms. The van der Waals surface area contributed by atoms with Crippen LogP contribution in [0.15, 0.2) is 54.6 Å². The Morgan fingerprint density at radius 1 is 0.885 bits per heavy atom. The van der Waals surface area contributed by atoms with Gasteiger partial charge in [0.1, 0.15) is 0 Å². The van der Waals surface area contributed by atoms with E-state index in [0.29, 0.717) is 24.3 Å². The van der Waals surface area contributed by atoms with Crippen molar-refractivity contribution in [2.45, 2.75) is 0 Å². The number of rotatable bonds is 3. The summed E-state index contributed by atoms with van der Waals surface area (Å²) in [4.78, 5) is 30.5. The maximum atomic E-state index is 13.0. The molecule has 1 aliphatic rings. The maximum absolute atomic E-state index is 13.0. The van der Waals surface area contributed by atoms with Crippen molar-refractivity contribution >= 4 is 23.3 Å². The minimum Gasteiger partial charge on any atom is -0.368 e. The number of anilines is 2. The molecule has 0 atom stereocenters. The molecule has 6 heteroatoms. The first-order valence-corrected chi connectivity index (χ1v) is 8.73. The van der Waals surface area contributed by atoms with E-state index in [1.165, 1.54) is 10.6 Å². The van der Waals surface area contributed by atoms with E-state index in [-0.39, 0.29) is 11.9 Å². The van der Waals surface area contributed by atoms with Crippen LogP contribution in [0, 0.1) is 0 Å². The quantitative estimate of drug-likeness (QED) is 0.924. The molecule has 6 nitrogen and oxygen atoms in total. The smallest absolute Gasteiger partial charge is 0.321 e. The third kappa shape index (κ3) is 3.96. The molecule has 1 saturated heterocycles. The number of piperazine rings is 1. The van der Waals surface area contributed by atoms with Crippen LogP contribution < -0.4 is 10.2 Å². The molecule has 0 aliphatic carbocycles. The van der Waals surface area contributed by atoms with E-state index in [0.717, 1.165) is 13.1 Å².